The number of rotatable bonds is 7. The Morgan fingerprint density at radius 1 is 1.07 bits per heavy atom. The maximum absolute atomic E-state index is 12.9. The average molecular weight is 416 g/mol. The zero-order valence-corrected chi connectivity index (χ0v) is 15.9. The number of nitrogens with zero attached hydrogens (tertiary/aromatic N) is 2. The monoisotopic (exact) mass is 416 g/mol. The largest absolute Gasteiger partial charge is 0.508 e. The Bertz CT molecular complexity index is 1100. The Hall–Kier alpha value is -3.37. The first-order chi connectivity index (χ1) is 13.8. The minimum absolute atomic E-state index is 0.0877. The van der Waals surface area contributed by atoms with E-state index >= 15 is 0 Å². The number of phenols is 1. The van der Waals surface area contributed by atoms with Crippen molar-refractivity contribution in [3.8, 4) is 17.1 Å². The van der Waals surface area contributed by atoms with Crippen LogP contribution in [0.5, 0.6) is 5.75 Å². The van der Waals surface area contributed by atoms with Crippen LogP contribution in [0.25, 0.3) is 11.4 Å². The number of benzene rings is 2. The molecule has 0 saturated carbocycles. The van der Waals surface area contributed by atoms with Gasteiger partial charge in [0.25, 0.3) is 0 Å². The van der Waals surface area contributed by atoms with E-state index in [0.717, 1.165) is 24.3 Å². The highest BCUT2D eigenvalue weighted by molar-refractivity contribution is 7.89. The van der Waals surface area contributed by atoms with Crippen LogP contribution in [-0.4, -0.2) is 35.9 Å². The zero-order chi connectivity index (χ0) is 20.9. The smallest absolute Gasteiger partial charge is 0.240 e. The molecule has 1 amide bonds. The van der Waals surface area contributed by atoms with Gasteiger partial charge in [0.15, 0.2) is 5.82 Å². The molecule has 0 aliphatic rings. The molecule has 0 aliphatic carbocycles. The number of sulfonamides is 1. The van der Waals surface area contributed by atoms with E-state index in [1.807, 2.05) is 0 Å². The number of anilines is 1. The molecule has 0 unspecified atom stereocenters. The third kappa shape index (κ3) is 5.56. The van der Waals surface area contributed by atoms with Gasteiger partial charge >= 0.3 is 0 Å². The van der Waals surface area contributed by atoms with Crippen molar-refractivity contribution in [2.75, 3.05) is 11.9 Å². The number of halogens is 1. The van der Waals surface area contributed by atoms with E-state index in [0.29, 0.717) is 17.1 Å². The molecule has 3 rings (SSSR count). The summed E-state index contributed by atoms with van der Waals surface area (Å²) in [6.07, 6.45) is 2.70. The molecule has 1 aromatic heterocycles. The van der Waals surface area contributed by atoms with Crippen LogP contribution in [0.15, 0.2) is 65.8 Å². The molecule has 0 atom stereocenters. The van der Waals surface area contributed by atoms with E-state index in [2.05, 4.69) is 20.0 Å². The summed E-state index contributed by atoms with van der Waals surface area (Å²) in [5.74, 6) is -0.501. The van der Waals surface area contributed by atoms with Gasteiger partial charge in [-0.3, -0.25) is 4.79 Å². The van der Waals surface area contributed by atoms with Crippen LogP contribution in [0.1, 0.15) is 6.42 Å². The van der Waals surface area contributed by atoms with Crippen LogP contribution >= 0.6 is 0 Å². The van der Waals surface area contributed by atoms with E-state index in [1.54, 1.807) is 12.1 Å². The van der Waals surface area contributed by atoms with Crippen LogP contribution in [0.3, 0.4) is 0 Å². The molecule has 150 valence electrons. The van der Waals surface area contributed by atoms with Crippen LogP contribution in [-0.2, 0) is 14.8 Å². The third-order valence-corrected chi connectivity index (χ3v) is 5.28. The molecular weight excluding hydrogens is 399 g/mol. The lowest BCUT2D eigenvalue weighted by Crippen LogP contribution is -2.27. The number of nitrogens with one attached hydrogen (secondary N) is 2. The lowest BCUT2D eigenvalue weighted by Gasteiger charge is -2.08. The van der Waals surface area contributed by atoms with Crippen LogP contribution in [0.4, 0.5) is 10.1 Å². The number of aromatic hydroxyl groups is 1. The summed E-state index contributed by atoms with van der Waals surface area (Å²) in [4.78, 5) is 20.2. The summed E-state index contributed by atoms with van der Waals surface area (Å²) in [5.41, 5.74) is 0.971. The van der Waals surface area contributed by atoms with E-state index in [1.165, 1.54) is 24.5 Å². The van der Waals surface area contributed by atoms with E-state index < -0.39 is 21.7 Å². The molecule has 10 heteroatoms. The summed E-state index contributed by atoms with van der Waals surface area (Å²) in [6.45, 7) is -0.131. The molecule has 0 saturated heterocycles. The first-order valence-corrected chi connectivity index (χ1v) is 9.98. The van der Waals surface area contributed by atoms with Gasteiger partial charge in [0.05, 0.1) is 23.0 Å². The van der Waals surface area contributed by atoms with Crippen molar-refractivity contribution < 1.29 is 22.7 Å². The Morgan fingerprint density at radius 2 is 1.76 bits per heavy atom. The van der Waals surface area contributed by atoms with Gasteiger partial charge in [-0.05, 0) is 36.4 Å². The van der Waals surface area contributed by atoms with Gasteiger partial charge in [0.2, 0.25) is 15.9 Å². The fourth-order valence-corrected chi connectivity index (χ4v) is 3.44. The van der Waals surface area contributed by atoms with Gasteiger partial charge in [-0.1, -0.05) is 12.1 Å². The molecule has 0 bridgehead atoms. The number of aromatic nitrogens is 2. The number of carbonyl (C=O) groups excluding carboxylic acids is 1. The van der Waals surface area contributed by atoms with Gasteiger partial charge < -0.3 is 10.4 Å². The fraction of sp³-hybridized carbons (Fsp3) is 0.105. The molecule has 0 radical (unpaired) electrons. The molecule has 3 aromatic rings. The van der Waals surface area contributed by atoms with Crippen LogP contribution in [0, 0.1) is 5.82 Å². The topological polar surface area (TPSA) is 121 Å². The quantitative estimate of drug-likeness (QED) is 0.543. The van der Waals surface area contributed by atoms with Gasteiger partial charge in [-0.25, -0.2) is 27.5 Å². The average Bonchev–Trinajstić information content (AvgIpc) is 2.69. The number of amides is 1. The first-order valence-electron chi connectivity index (χ1n) is 8.50. The third-order valence-electron chi connectivity index (χ3n) is 3.81. The summed E-state index contributed by atoms with van der Waals surface area (Å²) in [5, 5.41) is 12.1. The van der Waals surface area contributed by atoms with Gasteiger partial charge in [0, 0.05) is 18.5 Å². The van der Waals surface area contributed by atoms with Crippen molar-refractivity contribution in [2.24, 2.45) is 0 Å². The van der Waals surface area contributed by atoms with E-state index in [-0.39, 0.29) is 23.6 Å². The number of phenolic OH excluding ortho intramolecular Hbond substituents is 1. The summed E-state index contributed by atoms with van der Waals surface area (Å²) in [7, 11) is -3.83. The molecule has 1 heterocycles. The van der Waals surface area contributed by atoms with Crippen molar-refractivity contribution in [1.82, 2.24) is 14.7 Å². The van der Waals surface area contributed by atoms with Crippen molar-refractivity contribution in [2.45, 2.75) is 11.3 Å². The van der Waals surface area contributed by atoms with Gasteiger partial charge in [0.1, 0.15) is 11.6 Å². The molecule has 0 spiro atoms. The van der Waals surface area contributed by atoms with E-state index in [9.17, 15) is 22.7 Å². The van der Waals surface area contributed by atoms with Crippen molar-refractivity contribution in [1.29, 1.82) is 0 Å². The Balaban J connectivity index is 1.52. The maximum Gasteiger partial charge on any atom is 0.240 e. The Kier molecular flexibility index (Phi) is 6.15. The predicted molar refractivity (Wildman–Crippen MR) is 104 cm³/mol. The second-order valence-electron chi connectivity index (χ2n) is 6.00. The number of hydrogen-bond acceptors (Lipinski definition) is 6. The lowest BCUT2D eigenvalue weighted by molar-refractivity contribution is -0.116. The second kappa shape index (κ2) is 8.76. The molecule has 3 N–H and O–H groups in total. The van der Waals surface area contributed by atoms with Crippen molar-refractivity contribution >= 4 is 21.6 Å². The predicted octanol–water partition coefficient (Wildman–Crippen LogP) is 2.30. The zero-order valence-electron chi connectivity index (χ0n) is 15.0. The molecule has 2 aromatic carbocycles. The van der Waals surface area contributed by atoms with Gasteiger partial charge in [-0.15, -0.1) is 0 Å². The highest BCUT2D eigenvalue weighted by atomic mass is 32.2. The molecule has 0 aliphatic heterocycles. The SMILES string of the molecule is O=C(CCNS(=O)(=O)c1ccc(F)cc1)Nc1cnc(-c2cccc(O)c2)nc1. The van der Waals surface area contributed by atoms with Crippen LogP contribution < -0.4 is 10.0 Å². The number of carbonyl (C=O) groups is 1. The molecular formula is C19H17FN4O4S. The lowest BCUT2D eigenvalue weighted by atomic mass is 10.2. The standard InChI is InChI=1S/C19H17FN4O4S/c20-14-4-6-17(7-5-14)29(27,28)23-9-8-18(26)24-15-11-21-19(22-12-15)13-2-1-3-16(25)10-13/h1-7,10-12,23,25H,8-9H2,(H,24,26). The van der Waals surface area contributed by atoms with Crippen molar-refractivity contribution in [3.63, 3.8) is 0 Å². The normalized spacial score (nSPS) is 11.2. The Labute approximate surface area is 166 Å². The summed E-state index contributed by atoms with van der Waals surface area (Å²) >= 11 is 0. The molecule has 0 fully saturated rings. The van der Waals surface area contributed by atoms with Crippen LogP contribution in [0.2, 0.25) is 0 Å². The minimum atomic E-state index is -3.83. The van der Waals surface area contributed by atoms with Crippen molar-refractivity contribution in [3.05, 3.63) is 66.7 Å². The summed E-state index contributed by atoms with van der Waals surface area (Å²) < 4.78 is 39.3. The highest BCUT2D eigenvalue weighted by Gasteiger charge is 2.14. The summed E-state index contributed by atoms with van der Waals surface area (Å²) in [6, 6.07) is 10.8. The minimum Gasteiger partial charge on any atom is -0.508 e. The Morgan fingerprint density at radius 3 is 2.41 bits per heavy atom. The highest BCUT2D eigenvalue weighted by Crippen LogP contribution is 2.20. The number of hydrogen-bond donors (Lipinski definition) is 3. The van der Waals surface area contributed by atoms with E-state index in [4.69, 9.17) is 0 Å². The second-order valence-corrected chi connectivity index (χ2v) is 7.76. The first kappa shape index (κ1) is 20.4. The maximum atomic E-state index is 12.9. The molecule has 29 heavy (non-hydrogen) atoms. The molecule has 8 nitrogen and oxygen atoms in total. The van der Waals surface area contributed by atoms with Gasteiger partial charge in [-0.2, -0.15) is 0 Å². The fourth-order valence-electron chi connectivity index (χ4n) is 2.41.